The van der Waals surface area contributed by atoms with Crippen molar-refractivity contribution < 1.29 is 4.84 Å². The zero-order valence-corrected chi connectivity index (χ0v) is 10.1. The molecule has 15 heavy (non-hydrogen) atoms. The lowest BCUT2D eigenvalue weighted by Gasteiger charge is -2.09. The van der Waals surface area contributed by atoms with Crippen LogP contribution in [0.15, 0.2) is 11.8 Å². The molecule has 2 nitrogen and oxygen atoms in total. The Kier molecular flexibility index (Phi) is 7.36. The summed E-state index contributed by atoms with van der Waals surface area (Å²) < 4.78 is 0. The van der Waals surface area contributed by atoms with Crippen LogP contribution < -0.4 is 5.48 Å². The largest absolute Gasteiger partial charge is 0.414 e. The molecule has 0 spiro atoms. The predicted molar refractivity (Wildman–Crippen MR) is 64.4 cm³/mol. The Morgan fingerprint density at radius 2 is 1.53 bits per heavy atom. The van der Waals surface area contributed by atoms with Gasteiger partial charge in [0.15, 0.2) is 0 Å². The van der Waals surface area contributed by atoms with Crippen LogP contribution in [-0.4, -0.2) is 7.05 Å². The highest BCUT2D eigenvalue weighted by molar-refractivity contribution is 4.92. The van der Waals surface area contributed by atoms with Crippen LogP contribution in [-0.2, 0) is 4.84 Å². The first-order chi connectivity index (χ1) is 7.43. The lowest BCUT2D eigenvalue weighted by Crippen LogP contribution is -2.07. The summed E-state index contributed by atoms with van der Waals surface area (Å²) in [7, 11) is 1.83. The quantitative estimate of drug-likeness (QED) is 0.699. The maximum Gasteiger partial charge on any atom is 0.120 e. The molecular formula is C13H25NO. The van der Waals surface area contributed by atoms with Crippen LogP contribution >= 0.6 is 0 Å². The van der Waals surface area contributed by atoms with Gasteiger partial charge in [-0.05, 0) is 25.3 Å². The van der Waals surface area contributed by atoms with Gasteiger partial charge in [-0.15, -0.1) is 0 Å². The Morgan fingerprint density at radius 1 is 0.933 bits per heavy atom. The summed E-state index contributed by atoms with van der Waals surface area (Å²) in [5.41, 5.74) is 2.78. The van der Waals surface area contributed by atoms with Crippen LogP contribution in [0.5, 0.6) is 0 Å². The van der Waals surface area contributed by atoms with E-state index in [4.69, 9.17) is 4.84 Å². The van der Waals surface area contributed by atoms with Gasteiger partial charge >= 0.3 is 0 Å². The van der Waals surface area contributed by atoms with Gasteiger partial charge in [0.2, 0.25) is 0 Å². The Bertz CT molecular complexity index is 177. The number of nitrogens with one attached hydrogen (secondary N) is 1. The number of hydrogen-bond donors (Lipinski definition) is 1. The summed E-state index contributed by atoms with van der Waals surface area (Å²) in [4.78, 5) is 5.40. The fraction of sp³-hybridized carbons (Fsp3) is 0.846. The van der Waals surface area contributed by atoms with Crippen LogP contribution in [0.1, 0.15) is 64.2 Å². The van der Waals surface area contributed by atoms with Crippen LogP contribution in [0.25, 0.3) is 0 Å². The predicted octanol–water partition coefficient (Wildman–Crippen LogP) is 3.94. The molecule has 0 bridgehead atoms. The third-order valence-electron chi connectivity index (χ3n) is 2.98. The van der Waals surface area contributed by atoms with Gasteiger partial charge < -0.3 is 4.84 Å². The van der Waals surface area contributed by atoms with Gasteiger partial charge in [-0.2, -0.15) is 5.48 Å². The molecule has 0 radical (unpaired) electrons. The SMILES string of the molecule is CNOC1=CCCCCCCCCCC1. The van der Waals surface area contributed by atoms with E-state index in [9.17, 15) is 0 Å². The number of allylic oxidation sites excluding steroid dienone is 2. The summed E-state index contributed by atoms with van der Waals surface area (Å²) in [6.45, 7) is 0. The highest BCUT2D eigenvalue weighted by Crippen LogP contribution is 2.16. The van der Waals surface area contributed by atoms with Crippen molar-refractivity contribution in [2.45, 2.75) is 64.2 Å². The van der Waals surface area contributed by atoms with Crippen LogP contribution in [0.2, 0.25) is 0 Å². The molecule has 0 heterocycles. The van der Waals surface area contributed by atoms with Gasteiger partial charge in [0.05, 0.1) is 0 Å². The number of hydroxylamine groups is 1. The Hall–Kier alpha value is -0.500. The Labute approximate surface area is 94.0 Å². The zero-order valence-electron chi connectivity index (χ0n) is 10.1. The first-order valence-corrected chi connectivity index (χ1v) is 6.46. The lowest BCUT2D eigenvalue weighted by atomic mass is 10.0. The van der Waals surface area contributed by atoms with E-state index in [-0.39, 0.29) is 0 Å². The van der Waals surface area contributed by atoms with Crippen molar-refractivity contribution in [3.63, 3.8) is 0 Å². The molecule has 88 valence electrons. The van der Waals surface area contributed by atoms with Crippen molar-refractivity contribution in [1.82, 2.24) is 5.48 Å². The summed E-state index contributed by atoms with van der Waals surface area (Å²) in [6, 6.07) is 0. The van der Waals surface area contributed by atoms with E-state index in [1.54, 1.807) is 0 Å². The highest BCUT2D eigenvalue weighted by Gasteiger charge is 2.00. The monoisotopic (exact) mass is 211 g/mol. The van der Waals surface area contributed by atoms with Gasteiger partial charge in [0.1, 0.15) is 5.76 Å². The highest BCUT2D eigenvalue weighted by atomic mass is 16.6. The summed E-state index contributed by atoms with van der Waals surface area (Å²) in [6.07, 6.45) is 15.5. The molecule has 0 saturated heterocycles. The molecule has 0 aromatic rings. The van der Waals surface area contributed by atoms with Crippen LogP contribution in [0, 0.1) is 0 Å². The molecule has 0 aromatic carbocycles. The smallest absolute Gasteiger partial charge is 0.120 e. The second kappa shape index (κ2) is 8.78. The van der Waals surface area contributed by atoms with Crippen molar-refractivity contribution >= 4 is 0 Å². The molecule has 0 fully saturated rings. The summed E-state index contributed by atoms with van der Waals surface area (Å²) in [5.74, 6) is 1.14. The van der Waals surface area contributed by atoms with Crippen molar-refractivity contribution in [1.29, 1.82) is 0 Å². The van der Waals surface area contributed by atoms with E-state index < -0.39 is 0 Å². The minimum Gasteiger partial charge on any atom is -0.414 e. The molecule has 1 aliphatic rings. The Morgan fingerprint density at radius 3 is 2.20 bits per heavy atom. The fourth-order valence-corrected chi connectivity index (χ4v) is 2.09. The standard InChI is InChI=1S/C13H25NO/c1-14-15-13-11-9-7-5-3-2-4-6-8-10-12-13/h11,14H,2-10,12H2,1H3. The molecule has 0 amide bonds. The molecule has 0 atom stereocenters. The van der Waals surface area contributed by atoms with E-state index in [0.717, 1.165) is 12.2 Å². The average Bonchev–Trinajstić information content (AvgIpc) is 2.22. The molecule has 1 N–H and O–H groups in total. The molecule has 0 aliphatic heterocycles. The van der Waals surface area contributed by atoms with Crippen LogP contribution in [0.4, 0.5) is 0 Å². The average molecular weight is 211 g/mol. The lowest BCUT2D eigenvalue weighted by molar-refractivity contribution is 0.116. The first-order valence-electron chi connectivity index (χ1n) is 6.46. The molecular weight excluding hydrogens is 186 g/mol. The third kappa shape index (κ3) is 6.56. The van der Waals surface area contributed by atoms with Gasteiger partial charge in [-0.1, -0.05) is 38.5 Å². The van der Waals surface area contributed by atoms with Crippen molar-refractivity contribution in [3.8, 4) is 0 Å². The molecule has 0 aromatic heterocycles. The van der Waals surface area contributed by atoms with Crippen molar-refractivity contribution in [2.75, 3.05) is 7.05 Å². The normalized spacial score (nSPS) is 21.0. The van der Waals surface area contributed by atoms with E-state index >= 15 is 0 Å². The minimum atomic E-state index is 1.10. The second-order valence-electron chi connectivity index (χ2n) is 4.34. The second-order valence-corrected chi connectivity index (χ2v) is 4.34. The maximum atomic E-state index is 5.40. The minimum absolute atomic E-state index is 1.10. The molecule has 1 aliphatic carbocycles. The van der Waals surface area contributed by atoms with Gasteiger partial charge in [0, 0.05) is 13.5 Å². The molecule has 0 unspecified atom stereocenters. The number of hydrogen-bond acceptors (Lipinski definition) is 2. The number of rotatable bonds is 2. The van der Waals surface area contributed by atoms with Gasteiger partial charge in [-0.3, -0.25) is 0 Å². The van der Waals surface area contributed by atoms with E-state index in [1.807, 2.05) is 7.05 Å². The molecule has 1 rings (SSSR count). The maximum absolute atomic E-state index is 5.40. The van der Waals surface area contributed by atoms with E-state index in [0.29, 0.717) is 0 Å². The van der Waals surface area contributed by atoms with Gasteiger partial charge in [-0.25, -0.2) is 0 Å². The molecule has 2 heteroatoms. The first kappa shape index (κ1) is 12.6. The topological polar surface area (TPSA) is 21.3 Å². The summed E-state index contributed by atoms with van der Waals surface area (Å²) in [5, 5.41) is 0. The summed E-state index contributed by atoms with van der Waals surface area (Å²) >= 11 is 0. The zero-order chi connectivity index (χ0) is 10.8. The third-order valence-corrected chi connectivity index (χ3v) is 2.98. The van der Waals surface area contributed by atoms with E-state index in [1.165, 1.54) is 57.8 Å². The van der Waals surface area contributed by atoms with Gasteiger partial charge in [0.25, 0.3) is 0 Å². The molecule has 0 saturated carbocycles. The van der Waals surface area contributed by atoms with E-state index in [2.05, 4.69) is 11.6 Å². The van der Waals surface area contributed by atoms with Crippen LogP contribution in [0.3, 0.4) is 0 Å². The van der Waals surface area contributed by atoms with Crippen molar-refractivity contribution in [3.05, 3.63) is 11.8 Å². The van der Waals surface area contributed by atoms with Crippen molar-refractivity contribution in [2.24, 2.45) is 0 Å². The Balaban J connectivity index is 2.31. The fourth-order valence-electron chi connectivity index (χ4n) is 2.09.